The van der Waals surface area contributed by atoms with Crippen molar-refractivity contribution in [1.29, 1.82) is 0 Å². The fourth-order valence-corrected chi connectivity index (χ4v) is 3.15. The van der Waals surface area contributed by atoms with Gasteiger partial charge in [-0.3, -0.25) is 0 Å². The summed E-state index contributed by atoms with van der Waals surface area (Å²) < 4.78 is 6.74. The number of hydrogen-bond donors (Lipinski definition) is 0. The van der Waals surface area contributed by atoms with Crippen LogP contribution in [-0.4, -0.2) is 46.5 Å². The summed E-state index contributed by atoms with van der Waals surface area (Å²) in [6, 6.07) is 4.18. The lowest BCUT2D eigenvalue weighted by Crippen LogP contribution is -2.37. The molecular formula is C17H23N3O2. The Morgan fingerprint density at radius 1 is 1.36 bits per heavy atom. The van der Waals surface area contributed by atoms with Gasteiger partial charge in [-0.2, -0.15) is 0 Å². The van der Waals surface area contributed by atoms with E-state index in [0.717, 1.165) is 37.3 Å². The second-order valence-electron chi connectivity index (χ2n) is 6.24. The molecule has 5 heteroatoms. The molecule has 1 fully saturated rings. The normalized spacial score (nSPS) is 17.3. The first-order chi connectivity index (χ1) is 10.6. The van der Waals surface area contributed by atoms with E-state index in [0.29, 0.717) is 17.5 Å². The minimum Gasteiger partial charge on any atom is -0.465 e. The van der Waals surface area contributed by atoms with Crippen LogP contribution in [0.4, 0.5) is 0 Å². The van der Waals surface area contributed by atoms with Gasteiger partial charge in [-0.1, -0.05) is 0 Å². The van der Waals surface area contributed by atoms with Gasteiger partial charge in [0, 0.05) is 24.4 Å². The molecule has 0 atom stereocenters. The fraction of sp³-hybridized carbons (Fsp3) is 0.529. The highest BCUT2D eigenvalue weighted by Gasteiger charge is 2.24. The van der Waals surface area contributed by atoms with Crippen LogP contribution in [0.1, 0.15) is 48.7 Å². The van der Waals surface area contributed by atoms with Gasteiger partial charge < -0.3 is 14.0 Å². The summed E-state index contributed by atoms with van der Waals surface area (Å²) in [6.45, 7) is 6.76. The number of imidazole rings is 1. The van der Waals surface area contributed by atoms with Gasteiger partial charge in [-0.25, -0.2) is 9.78 Å². The minimum absolute atomic E-state index is 0.322. The van der Waals surface area contributed by atoms with Gasteiger partial charge in [0.15, 0.2) is 0 Å². The van der Waals surface area contributed by atoms with E-state index in [1.165, 1.54) is 7.11 Å². The molecule has 0 bridgehead atoms. The van der Waals surface area contributed by atoms with E-state index in [4.69, 9.17) is 9.72 Å². The quantitative estimate of drug-likeness (QED) is 0.818. The van der Waals surface area contributed by atoms with Gasteiger partial charge in [-0.15, -0.1) is 0 Å². The summed E-state index contributed by atoms with van der Waals surface area (Å²) in [5, 5.41) is 0. The SMILES string of the molecule is COC(=O)c1ccn2cc(C3CCN(C(C)C)CC3)nc2c1. The van der Waals surface area contributed by atoms with Crippen molar-refractivity contribution in [3.8, 4) is 0 Å². The van der Waals surface area contributed by atoms with Gasteiger partial charge in [-0.05, 0) is 51.9 Å². The van der Waals surface area contributed by atoms with Crippen LogP contribution in [0, 0.1) is 0 Å². The van der Waals surface area contributed by atoms with Crippen LogP contribution in [0.5, 0.6) is 0 Å². The lowest BCUT2D eigenvalue weighted by atomic mass is 9.93. The average Bonchev–Trinajstić information content (AvgIpc) is 2.97. The standard InChI is InChI=1S/C17H23N3O2/c1-12(2)19-7-4-13(5-8-19)15-11-20-9-6-14(17(21)22-3)10-16(20)18-15/h6,9-13H,4-5,7-8H2,1-3H3. The molecule has 118 valence electrons. The summed E-state index contributed by atoms with van der Waals surface area (Å²) in [7, 11) is 1.39. The number of piperidine rings is 1. The third kappa shape index (κ3) is 2.86. The molecule has 0 aromatic carbocycles. The van der Waals surface area contributed by atoms with Crippen molar-refractivity contribution in [3.05, 3.63) is 35.8 Å². The number of hydrogen-bond acceptors (Lipinski definition) is 4. The number of rotatable bonds is 3. The molecule has 1 aliphatic rings. The van der Waals surface area contributed by atoms with Crippen LogP contribution in [0.25, 0.3) is 5.65 Å². The van der Waals surface area contributed by atoms with Crippen molar-refractivity contribution in [2.24, 2.45) is 0 Å². The number of carbonyl (C=O) groups is 1. The second kappa shape index (κ2) is 6.08. The highest BCUT2D eigenvalue weighted by atomic mass is 16.5. The Morgan fingerprint density at radius 2 is 2.09 bits per heavy atom. The highest BCUT2D eigenvalue weighted by molar-refractivity contribution is 5.90. The van der Waals surface area contributed by atoms with E-state index in [9.17, 15) is 4.79 Å². The number of nitrogens with zero attached hydrogens (tertiary/aromatic N) is 3. The largest absolute Gasteiger partial charge is 0.465 e. The first-order valence-corrected chi connectivity index (χ1v) is 7.89. The van der Waals surface area contributed by atoms with E-state index >= 15 is 0 Å². The number of ether oxygens (including phenoxy) is 1. The third-order valence-corrected chi connectivity index (χ3v) is 4.58. The molecule has 2 aromatic rings. The van der Waals surface area contributed by atoms with Crippen LogP contribution in [0.15, 0.2) is 24.5 Å². The minimum atomic E-state index is -0.322. The lowest BCUT2D eigenvalue weighted by molar-refractivity contribution is 0.0600. The first-order valence-electron chi connectivity index (χ1n) is 7.89. The predicted octanol–water partition coefficient (Wildman–Crippen LogP) is 2.71. The molecule has 0 amide bonds. The van der Waals surface area contributed by atoms with Crippen LogP contribution >= 0.6 is 0 Å². The summed E-state index contributed by atoms with van der Waals surface area (Å²) in [5.74, 6) is 0.189. The molecule has 0 spiro atoms. The summed E-state index contributed by atoms with van der Waals surface area (Å²) in [5.41, 5.74) is 2.48. The lowest BCUT2D eigenvalue weighted by Gasteiger charge is -2.33. The van der Waals surface area contributed by atoms with Crippen molar-refractivity contribution in [2.75, 3.05) is 20.2 Å². The number of esters is 1. The molecule has 1 aliphatic heterocycles. The number of likely N-dealkylation sites (tertiary alicyclic amines) is 1. The summed E-state index contributed by atoms with van der Waals surface area (Å²) in [6.07, 6.45) is 6.26. The van der Waals surface area contributed by atoms with Gasteiger partial charge in [0.05, 0.1) is 18.4 Å². The maximum absolute atomic E-state index is 11.6. The number of methoxy groups -OCH3 is 1. The van der Waals surface area contributed by atoms with Crippen LogP contribution < -0.4 is 0 Å². The fourth-order valence-electron chi connectivity index (χ4n) is 3.15. The van der Waals surface area contributed by atoms with Crippen LogP contribution in [-0.2, 0) is 4.74 Å². The number of pyridine rings is 1. The molecule has 22 heavy (non-hydrogen) atoms. The van der Waals surface area contributed by atoms with Gasteiger partial charge >= 0.3 is 5.97 Å². The van der Waals surface area contributed by atoms with E-state index < -0.39 is 0 Å². The molecule has 0 radical (unpaired) electrons. The van der Waals surface area contributed by atoms with Crippen LogP contribution in [0.3, 0.4) is 0 Å². The Labute approximate surface area is 130 Å². The van der Waals surface area contributed by atoms with Gasteiger partial charge in [0.25, 0.3) is 0 Å². The molecule has 5 nitrogen and oxygen atoms in total. The summed E-state index contributed by atoms with van der Waals surface area (Å²) >= 11 is 0. The molecular weight excluding hydrogens is 278 g/mol. The molecule has 2 aromatic heterocycles. The molecule has 0 N–H and O–H groups in total. The zero-order valence-corrected chi connectivity index (χ0v) is 13.5. The Kier molecular flexibility index (Phi) is 4.16. The van der Waals surface area contributed by atoms with E-state index in [1.807, 2.05) is 10.6 Å². The maximum Gasteiger partial charge on any atom is 0.338 e. The van der Waals surface area contributed by atoms with Crippen molar-refractivity contribution in [1.82, 2.24) is 14.3 Å². The first kappa shape index (κ1) is 15.0. The average molecular weight is 301 g/mol. The zero-order valence-electron chi connectivity index (χ0n) is 13.5. The molecule has 0 aliphatic carbocycles. The number of aromatic nitrogens is 2. The maximum atomic E-state index is 11.6. The van der Waals surface area contributed by atoms with Crippen molar-refractivity contribution < 1.29 is 9.53 Å². The van der Waals surface area contributed by atoms with Gasteiger partial charge in [0.2, 0.25) is 0 Å². The second-order valence-corrected chi connectivity index (χ2v) is 6.24. The topological polar surface area (TPSA) is 46.8 Å². The van der Waals surface area contributed by atoms with Gasteiger partial charge in [0.1, 0.15) is 5.65 Å². The summed E-state index contributed by atoms with van der Waals surface area (Å²) in [4.78, 5) is 18.8. The highest BCUT2D eigenvalue weighted by Crippen LogP contribution is 2.28. The Bertz CT molecular complexity index is 670. The smallest absolute Gasteiger partial charge is 0.338 e. The number of fused-ring (bicyclic) bond motifs is 1. The molecule has 1 saturated heterocycles. The zero-order chi connectivity index (χ0) is 15.7. The Balaban J connectivity index is 1.79. The Morgan fingerprint density at radius 3 is 2.73 bits per heavy atom. The molecule has 3 rings (SSSR count). The van der Waals surface area contributed by atoms with E-state index in [1.54, 1.807) is 12.1 Å². The van der Waals surface area contributed by atoms with E-state index in [-0.39, 0.29) is 5.97 Å². The van der Waals surface area contributed by atoms with Crippen molar-refractivity contribution in [3.63, 3.8) is 0 Å². The molecule has 0 unspecified atom stereocenters. The van der Waals surface area contributed by atoms with Crippen molar-refractivity contribution >= 4 is 11.6 Å². The van der Waals surface area contributed by atoms with E-state index in [2.05, 4.69) is 24.9 Å². The van der Waals surface area contributed by atoms with Crippen LogP contribution in [0.2, 0.25) is 0 Å². The Hall–Kier alpha value is -1.88. The van der Waals surface area contributed by atoms with Crippen molar-refractivity contribution in [2.45, 2.75) is 38.6 Å². The number of carbonyl (C=O) groups excluding carboxylic acids is 1. The predicted molar refractivity (Wildman–Crippen MR) is 85.2 cm³/mol. The third-order valence-electron chi connectivity index (χ3n) is 4.58. The molecule has 0 saturated carbocycles. The molecule has 3 heterocycles. The monoisotopic (exact) mass is 301 g/mol.